The number of aromatic amines is 1. The first-order valence-corrected chi connectivity index (χ1v) is 3.87. The Balaban J connectivity index is 2.40. The largest absolute Gasteiger partial charge is 0.281 e. The van der Waals surface area contributed by atoms with E-state index in [4.69, 9.17) is 11.6 Å². The van der Waals surface area contributed by atoms with Crippen LogP contribution in [-0.4, -0.2) is 10.2 Å². The molecule has 0 amide bonds. The van der Waals surface area contributed by atoms with Crippen LogP contribution in [0.4, 0.5) is 0 Å². The zero-order valence-corrected chi connectivity index (χ0v) is 6.57. The van der Waals surface area contributed by atoms with Crippen molar-refractivity contribution in [1.29, 1.82) is 0 Å². The van der Waals surface area contributed by atoms with Crippen LogP contribution in [0.2, 0.25) is 5.02 Å². The van der Waals surface area contributed by atoms with Crippen molar-refractivity contribution in [1.82, 2.24) is 10.2 Å². The Kier molecular flexibility index (Phi) is 1.24. The van der Waals surface area contributed by atoms with Crippen LogP contribution >= 0.6 is 11.6 Å². The highest BCUT2D eigenvalue weighted by atomic mass is 35.5. The number of nitrogens with zero attached hydrogens (tertiary/aromatic N) is 1. The number of halogens is 1. The molecule has 0 saturated heterocycles. The van der Waals surface area contributed by atoms with Gasteiger partial charge in [-0.1, -0.05) is 11.6 Å². The summed E-state index contributed by atoms with van der Waals surface area (Å²) in [5.41, 5.74) is 2.06. The zero-order valence-electron chi connectivity index (χ0n) is 5.82. The minimum Gasteiger partial charge on any atom is -0.281 e. The van der Waals surface area contributed by atoms with E-state index in [1.54, 1.807) is 0 Å². The van der Waals surface area contributed by atoms with E-state index >= 15 is 0 Å². The first-order valence-electron chi connectivity index (χ1n) is 3.49. The summed E-state index contributed by atoms with van der Waals surface area (Å²) < 4.78 is 0. The molecule has 3 heteroatoms. The Bertz CT molecular complexity index is 250. The molecule has 1 saturated carbocycles. The molecule has 2 nitrogen and oxygen atoms in total. The van der Waals surface area contributed by atoms with E-state index in [-0.39, 0.29) is 0 Å². The van der Waals surface area contributed by atoms with Gasteiger partial charge in [-0.2, -0.15) is 5.10 Å². The summed E-state index contributed by atoms with van der Waals surface area (Å²) in [6.07, 6.45) is 2.51. The molecule has 10 heavy (non-hydrogen) atoms. The Hall–Kier alpha value is -0.500. The van der Waals surface area contributed by atoms with Gasteiger partial charge in [-0.15, -0.1) is 0 Å². The summed E-state index contributed by atoms with van der Waals surface area (Å²) >= 11 is 5.95. The van der Waals surface area contributed by atoms with E-state index in [2.05, 4.69) is 10.2 Å². The third kappa shape index (κ3) is 0.833. The number of nitrogens with one attached hydrogen (secondary N) is 1. The van der Waals surface area contributed by atoms with E-state index in [1.165, 1.54) is 12.8 Å². The maximum Gasteiger partial charge on any atom is 0.0847 e. The van der Waals surface area contributed by atoms with Crippen molar-refractivity contribution in [3.8, 4) is 0 Å². The quantitative estimate of drug-likeness (QED) is 0.664. The van der Waals surface area contributed by atoms with Crippen molar-refractivity contribution in [2.24, 2.45) is 0 Å². The average molecular weight is 157 g/mol. The standard InChI is InChI=1S/C7H9ClN2/c1-4-6(8)7(10-9-4)5-2-3-5/h5H,2-3H2,1H3,(H,9,10). The number of rotatable bonds is 1. The van der Waals surface area contributed by atoms with Crippen LogP contribution in [-0.2, 0) is 0 Å². The van der Waals surface area contributed by atoms with Gasteiger partial charge in [0.1, 0.15) is 0 Å². The van der Waals surface area contributed by atoms with Gasteiger partial charge < -0.3 is 0 Å². The van der Waals surface area contributed by atoms with Crippen LogP contribution in [0.3, 0.4) is 0 Å². The van der Waals surface area contributed by atoms with E-state index < -0.39 is 0 Å². The Morgan fingerprint density at radius 1 is 1.60 bits per heavy atom. The van der Waals surface area contributed by atoms with Crippen molar-refractivity contribution >= 4 is 11.6 Å². The van der Waals surface area contributed by atoms with Gasteiger partial charge in [0, 0.05) is 5.92 Å². The Morgan fingerprint density at radius 3 is 2.70 bits per heavy atom. The molecule has 0 aromatic carbocycles. The number of H-pyrrole nitrogens is 1. The van der Waals surface area contributed by atoms with Gasteiger partial charge >= 0.3 is 0 Å². The van der Waals surface area contributed by atoms with Crippen LogP contribution in [0.25, 0.3) is 0 Å². The molecule has 1 heterocycles. The van der Waals surface area contributed by atoms with Gasteiger partial charge in [-0.05, 0) is 19.8 Å². The van der Waals surface area contributed by atoms with E-state index in [0.29, 0.717) is 5.92 Å². The molecule has 1 aromatic heterocycles. The minimum atomic E-state index is 0.650. The molecule has 0 spiro atoms. The van der Waals surface area contributed by atoms with Crippen molar-refractivity contribution in [3.05, 3.63) is 16.4 Å². The molecule has 1 fully saturated rings. The van der Waals surface area contributed by atoms with Crippen LogP contribution in [0.1, 0.15) is 30.1 Å². The summed E-state index contributed by atoms with van der Waals surface area (Å²) in [6, 6.07) is 0. The number of hydrogen-bond donors (Lipinski definition) is 1. The second-order valence-electron chi connectivity index (χ2n) is 2.82. The minimum absolute atomic E-state index is 0.650. The second kappa shape index (κ2) is 1.99. The lowest BCUT2D eigenvalue weighted by molar-refractivity contribution is 0.954. The lowest BCUT2D eigenvalue weighted by Crippen LogP contribution is -1.78. The molecule has 54 valence electrons. The van der Waals surface area contributed by atoms with Crippen molar-refractivity contribution in [2.75, 3.05) is 0 Å². The Morgan fingerprint density at radius 2 is 2.30 bits per heavy atom. The summed E-state index contributed by atoms with van der Waals surface area (Å²) in [5, 5.41) is 7.83. The Labute approximate surface area is 64.6 Å². The lowest BCUT2D eigenvalue weighted by Gasteiger charge is -1.88. The molecule has 2 rings (SSSR count). The fraction of sp³-hybridized carbons (Fsp3) is 0.571. The smallest absolute Gasteiger partial charge is 0.0847 e. The molecular weight excluding hydrogens is 148 g/mol. The first-order chi connectivity index (χ1) is 4.79. The predicted octanol–water partition coefficient (Wildman–Crippen LogP) is 2.25. The molecule has 0 aliphatic heterocycles. The predicted molar refractivity (Wildman–Crippen MR) is 40.3 cm³/mol. The molecular formula is C7H9ClN2. The van der Waals surface area contributed by atoms with Crippen LogP contribution < -0.4 is 0 Å². The SMILES string of the molecule is Cc1[nH]nc(C2CC2)c1Cl. The molecule has 0 unspecified atom stereocenters. The lowest BCUT2D eigenvalue weighted by atomic mass is 10.3. The fourth-order valence-corrected chi connectivity index (χ4v) is 1.30. The monoisotopic (exact) mass is 156 g/mol. The molecule has 0 bridgehead atoms. The van der Waals surface area contributed by atoms with Gasteiger partial charge in [-0.3, -0.25) is 5.10 Å². The van der Waals surface area contributed by atoms with Crippen molar-refractivity contribution in [2.45, 2.75) is 25.7 Å². The second-order valence-corrected chi connectivity index (χ2v) is 3.20. The molecule has 0 atom stereocenters. The number of aromatic nitrogens is 2. The van der Waals surface area contributed by atoms with Gasteiger partial charge in [0.25, 0.3) is 0 Å². The average Bonchev–Trinajstić information content (AvgIpc) is 2.67. The van der Waals surface area contributed by atoms with Gasteiger partial charge in [0.15, 0.2) is 0 Å². The van der Waals surface area contributed by atoms with E-state index in [1.807, 2.05) is 6.92 Å². The highest BCUT2D eigenvalue weighted by Crippen LogP contribution is 2.42. The number of aryl methyl sites for hydroxylation is 1. The van der Waals surface area contributed by atoms with E-state index in [0.717, 1.165) is 16.4 Å². The zero-order chi connectivity index (χ0) is 7.14. The fourth-order valence-electron chi connectivity index (χ4n) is 1.06. The summed E-state index contributed by atoms with van der Waals surface area (Å²) in [7, 11) is 0. The molecule has 1 N–H and O–H groups in total. The van der Waals surface area contributed by atoms with E-state index in [9.17, 15) is 0 Å². The highest BCUT2D eigenvalue weighted by molar-refractivity contribution is 6.31. The highest BCUT2D eigenvalue weighted by Gasteiger charge is 2.28. The molecule has 1 aromatic rings. The molecule has 1 aliphatic rings. The van der Waals surface area contributed by atoms with Crippen LogP contribution in [0.15, 0.2) is 0 Å². The van der Waals surface area contributed by atoms with Gasteiger partial charge in [-0.25, -0.2) is 0 Å². The van der Waals surface area contributed by atoms with Crippen molar-refractivity contribution < 1.29 is 0 Å². The molecule has 1 aliphatic carbocycles. The van der Waals surface area contributed by atoms with Crippen LogP contribution in [0.5, 0.6) is 0 Å². The third-order valence-electron chi connectivity index (χ3n) is 1.86. The third-order valence-corrected chi connectivity index (χ3v) is 2.34. The summed E-state index contributed by atoms with van der Waals surface area (Å²) in [6.45, 7) is 1.95. The number of hydrogen-bond acceptors (Lipinski definition) is 1. The maximum atomic E-state index is 5.95. The topological polar surface area (TPSA) is 28.7 Å². The maximum absolute atomic E-state index is 5.95. The van der Waals surface area contributed by atoms with Gasteiger partial charge in [0.05, 0.1) is 16.4 Å². The first kappa shape index (κ1) is 6.23. The van der Waals surface area contributed by atoms with Gasteiger partial charge in [0.2, 0.25) is 0 Å². The normalized spacial score (nSPS) is 17.8. The molecule has 0 radical (unpaired) electrons. The van der Waals surface area contributed by atoms with Crippen molar-refractivity contribution in [3.63, 3.8) is 0 Å². The van der Waals surface area contributed by atoms with Crippen LogP contribution in [0, 0.1) is 6.92 Å². The summed E-state index contributed by atoms with van der Waals surface area (Å²) in [4.78, 5) is 0. The summed E-state index contributed by atoms with van der Waals surface area (Å²) in [5.74, 6) is 0.650.